The van der Waals surface area contributed by atoms with E-state index >= 15 is 0 Å². The first-order chi connectivity index (χ1) is 6.52. The van der Waals surface area contributed by atoms with Crippen LogP contribution in [0.25, 0.3) is 0 Å². The summed E-state index contributed by atoms with van der Waals surface area (Å²) in [6.45, 7) is 4.37. The summed E-state index contributed by atoms with van der Waals surface area (Å²) in [7, 11) is 0. The molecule has 0 bridgehead atoms. The minimum absolute atomic E-state index is 0.211. The Balaban J connectivity index is 2.29. The molecule has 2 rings (SSSR count). The lowest BCUT2D eigenvalue weighted by Gasteiger charge is -2.33. The fraction of sp³-hybridized carbons (Fsp3) is 0.545. The van der Waals surface area contributed by atoms with Crippen molar-refractivity contribution in [2.75, 3.05) is 0 Å². The Morgan fingerprint density at radius 1 is 1.36 bits per heavy atom. The van der Waals surface area contributed by atoms with Crippen molar-refractivity contribution in [3.63, 3.8) is 0 Å². The van der Waals surface area contributed by atoms with Crippen molar-refractivity contribution in [3.05, 3.63) is 29.3 Å². The number of rotatable bonds is 1. The zero-order valence-electron chi connectivity index (χ0n) is 8.53. The molecule has 0 spiro atoms. The highest BCUT2D eigenvalue weighted by Crippen LogP contribution is 2.39. The minimum atomic E-state index is -0.824. The van der Waals surface area contributed by atoms with Gasteiger partial charge in [-0.05, 0) is 35.9 Å². The number of aromatic nitrogens is 1. The summed E-state index contributed by atoms with van der Waals surface area (Å²) in [6, 6.07) is 1.90. The van der Waals surface area contributed by atoms with Gasteiger partial charge in [-0.15, -0.1) is 0 Å². The molecule has 3 heteroatoms. The van der Waals surface area contributed by atoms with Crippen LogP contribution in [-0.2, 0) is 5.60 Å². The lowest BCUT2D eigenvalue weighted by Crippen LogP contribution is -2.30. The molecule has 0 fully saturated rings. The second kappa shape index (κ2) is 3.17. The van der Waals surface area contributed by atoms with E-state index in [1.54, 1.807) is 0 Å². The molecule has 0 saturated carbocycles. The zero-order valence-corrected chi connectivity index (χ0v) is 9.34. The summed E-state index contributed by atoms with van der Waals surface area (Å²) in [6.07, 6.45) is 5.75. The Labute approximate surface area is 88.5 Å². The molecule has 0 aliphatic heterocycles. The predicted molar refractivity (Wildman–Crippen MR) is 58.2 cm³/mol. The average Bonchev–Trinajstić information content (AvgIpc) is 2.64. The summed E-state index contributed by atoms with van der Waals surface area (Å²) < 4.78 is 4.20. The molecule has 1 atom stereocenters. The van der Waals surface area contributed by atoms with Crippen LogP contribution in [-0.4, -0.2) is 9.48 Å². The van der Waals surface area contributed by atoms with Crippen molar-refractivity contribution in [1.82, 2.24) is 4.37 Å². The molecule has 1 unspecified atom stereocenters. The van der Waals surface area contributed by atoms with Crippen LogP contribution in [0.4, 0.5) is 0 Å². The fourth-order valence-corrected chi connectivity index (χ4v) is 2.28. The highest BCUT2D eigenvalue weighted by Gasteiger charge is 2.34. The first-order valence-electron chi connectivity index (χ1n) is 4.86. The summed E-state index contributed by atoms with van der Waals surface area (Å²) in [5.74, 6) is 0. The van der Waals surface area contributed by atoms with Crippen LogP contribution in [0, 0.1) is 5.41 Å². The Morgan fingerprint density at radius 3 is 2.64 bits per heavy atom. The van der Waals surface area contributed by atoms with Gasteiger partial charge in [0.1, 0.15) is 5.60 Å². The highest BCUT2D eigenvalue weighted by atomic mass is 32.1. The molecule has 1 aromatic heterocycles. The predicted octanol–water partition coefficient (Wildman–Crippen LogP) is 2.71. The monoisotopic (exact) mass is 209 g/mol. The number of hydrogen-bond acceptors (Lipinski definition) is 3. The third-order valence-electron chi connectivity index (χ3n) is 2.84. The smallest absolute Gasteiger partial charge is 0.126 e. The minimum Gasteiger partial charge on any atom is -0.379 e. The maximum absolute atomic E-state index is 10.3. The topological polar surface area (TPSA) is 33.1 Å². The largest absolute Gasteiger partial charge is 0.379 e. The zero-order chi connectivity index (χ0) is 10.2. The van der Waals surface area contributed by atoms with Gasteiger partial charge in [0.25, 0.3) is 0 Å². The Hall–Kier alpha value is -0.670. The average molecular weight is 209 g/mol. The third kappa shape index (κ3) is 1.74. The normalized spacial score (nSPS) is 30.5. The van der Waals surface area contributed by atoms with E-state index in [-0.39, 0.29) is 5.41 Å². The Kier molecular flexibility index (Phi) is 2.24. The maximum atomic E-state index is 10.3. The molecule has 14 heavy (non-hydrogen) atoms. The first kappa shape index (κ1) is 9.87. The standard InChI is InChI=1S/C11H15NOS/c1-10(2)4-6-11(13,7-5-10)9-3-8-14-12-9/h3-4,6,8,13H,5,7H2,1-2H3. The summed E-state index contributed by atoms with van der Waals surface area (Å²) in [5.41, 5.74) is 0.173. The van der Waals surface area contributed by atoms with Crippen molar-refractivity contribution in [2.45, 2.75) is 32.3 Å². The highest BCUT2D eigenvalue weighted by molar-refractivity contribution is 7.03. The quantitative estimate of drug-likeness (QED) is 0.721. The van der Waals surface area contributed by atoms with Gasteiger partial charge in [-0.2, -0.15) is 4.37 Å². The summed E-state index contributed by atoms with van der Waals surface area (Å²) in [5, 5.41) is 12.2. The van der Waals surface area contributed by atoms with Crippen molar-refractivity contribution < 1.29 is 5.11 Å². The Morgan fingerprint density at radius 2 is 2.14 bits per heavy atom. The van der Waals surface area contributed by atoms with E-state index in [1.165, 1.54) is 11.5 Å². The molecule has 76 valence electrons. The van der Waals surface area contributed by atoms with E-state index in [2.05, 4.69) is 24.3 Å². The van der Waals surface area contributed by atoms with E-state index in [1.807, 2.05) is 17.5 Å². The lowest BCUT2D eigenvalue weighted by atomic mass is 9.76. The number of aliphatic hydroxyl groups is 1. The maximum Gasteiger partial charge on any atom is 0.126 e. The molecule has 0 aromatic carbocycles. The van der Waals surface area contributed by atoms with E-state index < -0.39 is 5.60 Å². The van der Waals surface area contributed by atoms with Crippen molar-refractivity contribution >= 4 is 11.5 Å². The molecular weight excluding hydrogens is 194 g/mol. The summed E-state index contributed by atoms with van der Waals surface area (Å²) >= 11 is 1.39. The molecule has 1 aliphatic carbocycles. The summed E-state index contributed by atoms with van der Waals surface area (Å²) in [4.78, 5) is 0. The molecule has 0 amide bonds. The molecule has 0 saturated heterocycles. The van der Waals surface area contributed by atoms with Gasteiger partial charge >= 0.3 is 0 Å². The lowest BCUT2D eigenvalue weighted by molar-refractivity contribution is 0.0549. The SMILES string of the molecule is CC1(C)C=CC(O)(c2ccsn2)CC1. The molecular formula is C11H15NOS. The van der Waals surface area contributed by atoms with Gasteiger partial charge in [-0.1, -0.05) is 26.0 Å². The molecule has 0 radical (unpaired) electrons. The van der Waals surface area contributed by atoms with Crippen molar-refractivity contribution in [3.8, 4) is 0 Å². The van der Waals surface area contributed by atoms with E-state index in [4.69, 9.17) is 0 Å². The van der Waals surface area contributed by atoms with Crippen LogP contribution < -0.4 is 0 Å². The molecule has 1 heterocycles. The fourth-order valence-electron chi connectivity index (χ4n) is 1.69. The van der Waals surface area contributed by atoms with E-state index in [0.717, 1.165) is 18.5 Å². The van der Waals surface area contributed by atoms with Crippen LogP contribution in [0.5, 0.6) is 0 Å². The molecule has 1 aliphatic rings. The Bertz CT molecular complexity index is 342. The van der Waals surface area contributed by atoms with Gasteiger partial charge in [0.2, 0.25) is 0 Å². The first-order valence-corrected chi connectivity index (χ1v) is 5.69. The third-order valence-corrected chi connectivity index (χ3v) is 3.40. The second-order valence-corrected chi connectivity index (χ2v) is 5.30. The second-order valence-electron chi connectivity index (χ2n) is 4.63. The molecule has 1 N–H and O–H groups in total. The van der Waals surface area contributed by atoms with Crippen LogP contribution in [0.3, 0.4) is 0 Å². The van der Waals surface area contributed by atoms with Gasteiger partial charge in [0.05, 0.1) is 5.69 Å². The van der Waals surface area contributed by atoms with Crippen LogP contribution >= 0.6 is 11.5 Å². The molecule has 1 aromatic rings. The van der Waals surface area contributed by atoms with Crippen LogP contribution in [0.15, 0.2) is 23.6 Å². The van der Waals surface area contributed by atoms with Gasteiger partial charge in [-0.25, -0.2) is 0 Å². The van der Waals surface area contributed by atoms with Gasteiger partial charge in [0.15, 0.2) is 0 Å². The molecule has 2 nitrogen and oxygen atoms in total. The number of hydrogen-bond donors (Lipinski definition) is 1. The number of nitrogens with zero attached hydrogens (tertiary/aromatic N) is 1. The van der Waals surface area contributed by atoms with Gasteiger partial charge in [0, 0.05) is 5.38 Å². The van der Waals surface area contributed by atoms with E-state index in [0.29, 0.717) is 0 Å². The van der Waals surface area contributed by atoms with Crippen LogP contribution in [0.1, 0.15) is 32.4 Å². The van der Waals surface area contributed by atoms with Crippen LogP contribution in [0.2, 0.25) is 0 Å². The van der Waals surface area contributed by atoms with Gasteiger partial charge in [-0.3, -0.25) is 0 Å². The number of allylic oxidation sites excluding steroid dienone is 1. The van der Waals surface area contributed by atoms with Crippen molar-refractivity contribution in [2.24, 2.45) is 5.41 Å². The van der Waals surface area contributed by atoms with Gasteiger partial charge < -0.3 is 5.11 Å². The van der Waals surface area contributed by atoms with Crippen molar-refractivity contribution in [1.29, 1.82) is 0 Å². The van der Waals surface area contributed by atoms with E-state index in [9.17, 15) is 5.11 Å².